The second kappa shape index (κ2) is 9.74. The zero-order chi connectivity index (χ0) is 31.1. The van der Waals surface area contributed by atoms with E-state index in [2.05, 4.69) is 18.2 Å². The third-order valence-corrected chi connectivity index (χ3v) is 10.5. The Kier molecular flexibility index (Phi) is 5.79. The van der Waals surface area contributed by atoms with E-state index >= 15 is 0 Å². The topological polar surface area (TPSA) is 99.4 Å². The van der Waals surface area contributed by atoms with Crippen molar-refractivity contribution < 1.29 is 15.3 Å². The van der Waals surface area contributed by atoms with Crippen molar-refractivity contribution in [2.75, 3.05) is 0 Å². The first-order valence-corrected chi connectivity index (χ1v) is 15.8. The number of aliphatic hydroxyl groups is 3. The molecule has 6 nitrogen and oxygen atoms in total. The molecule has 2 bridgehead atoms. The number of hydrogen-bond acceptors (Lipinski definition) is 6. The second-order valence-electron chi connectivity index (χ2n) is 12.9. The molecule has 1 aromatic heterocycles. The summed E-state index contributed by atoms with van der Waals surface area (Å²) in [5.74, 6) is -0.719. The highest BCUT2D eigenvalue weighted by molar-refractivity contribution is 5.86. The van der Waals surface area contributed by atoms with Crippen LogP contribution in [0.15, 0.2) is 127 Å². The molecule has 0 saturated heterocycles. The number of benzene rings is 5. The maximum Gasteiger partial charge on any atom is 0.182 e. The van der Waals surface area contributed by atoms with Crippen LogP contribution in [0.3, 0.4) is 0 Å². The summed E-state index contributed by atoms with van der Waals surface area (Å²) in [5.41, 5.74) is 5.35. The lowest BCUT2D eigenvalue weighted by molar-refractivity contribution is -0.247. The van der Waals surface area contributed by atoms with Gasteiger partial charge < -0.3 is 15.3 Å². The van der Waals surface area contributed by atoms with Crippen molar-refractivity contribution in [3.05, 3.63) is 139 Å². The first-order chi connectivity index (χ1) is 22.4. The van der Waals surface area contributed by atoms with Crippen LogP contribution in [0.25, 0.3) is 56.4 Å². The Morgan fingerprint density at radius 3 is 1.70 bits per heavy atom. The molecule has 1 spiro atoms. The highest BCUT2D eigenvalue weighted by atomic mass is 16.5. The minimum absolute atomic E-state index is 0.361. The predicted molar refractivity (Wildman–Crippen MR) is 177 cm³/mol. The molecule has 1 heterocycles. The summed E-state index contributed by atoms with van der Waals surface area (Å²) in [7, 11) is 0. The van der Waals surface area contributed by atoms with E-state index in [0.29, 0.717) is 36.7 Å². The summed E-state index contributed by atoms with van der Waals surface area (Å²) in [6, 6.07) is 41.9. The molecule has 6 heteroatoms. The summed E-state index contributed by atoms with van der Waals surface area (Å²) >= 11 is 0. The van der Waals surface area contributed by atoms with Crippen LogP contribution < -0.4 is 0 Å². The molecule has 224 valence electrons. The number of hydrogen-bond donors (Lipinski definition) is 3. The van der Waals surface area contributed by atoms with Crippen LogP contribution in [-0.4, -0.2) is 41.7 Å². The van der Waals surface area contributed by atoms with Gasteiger partial charge in [-0.2, -0.15) is 0 Å². The molecule has 0 radical (unpaired) electrons. The van der Waals surface area contributed by atoms with Gasteiger partial charge in [0.05, 0.1) is 5.60 Å². The quantitative estimate of drug-likeness (QED) is 0.188. The molecular weight excluding hydrogens is 570 g/mol. The van der Waals surface area contributed by atoms with Crippen molar-refractivity contribution in [1.29, 1.82) is 0 Å². The number of rotatable bonds is 4. The highest BCUT2D eigenvalue weighted by Gasteiger charge is 2.77. The third-order valence-electron chi connectivity index (χ3n) is 10.5. The lowest BCUT2D eigenvalue weighted by atomic mass is 9.60. The van der Waals surface area contributed by atoms with E-state index in [0.717, 1.165) is 50.1 Å². The van der Waals surface area contributed by atoms with Crippen LogP contribution in [0, 0.1) is 5.92 Å². The SMILES string of the molecule is OC12CCC(C1)C(O)(O)C21c2ccccc2-c2ccc(-c3cccc(-c4nc(-c5ccccc5)nc(-c5ccccc5)n4)c3)cc21. The van der Waals surface area contributed by atoms with Crippen molar-refractivity contribution in [2.45, 2.75) is 36.1 Å². The third kappa shape index (κ3) is 3.66. The summed E-state index contributed by atoms with van der Waals surface area (Å²) in [6.07, 6.45) is 1.48. The smallest absolute Gasteiger partial charge is 0.182 e. The Bertz CT molecular complexity index is 2080. The van der Waals surface area contributed by atoms with E-state index in [1.54, 1.807) is 0 Å². The van der Waals surface area contributed by atoms with Crippen molar-refractivity contribution in [3.8, 4) is 56.4 Å². The van der Waals surface area contributed by atoms with Gasteiger partial charge in [0, 0.05) is 22.6 Å². The van der Waals surface area contributed by atoms with Crippen molar-refractivity contribution >= 4 is 0 Å². The Labute approximate surface area is 266 Å². The van der Waals surface area contributed by atoms with Gasteiger partial charge in [0.25, 0.3) is 0 Å². The second-order valence-corrected chi connectivity index (χ2v) is 12.9. The van der Waals surface area contributed by atoms with Gasteiger partial charge in [0.1, 0.15) is 5.41 Å². The number of aromatic nitrogens is 3. The van der Waals surface area contributed by atoms with Gasteiger partial charge in [0.15, 0.2) is 23.3 Å². The molecule has 5 aromatic carbocycles. The Balaban J connectivity index is 1.20. The lowest BCUT2D eigenvalue weighted by Crippen LogP contribution is -2.62. The highest BCUT2D eigenvalue weighted by Crippen LogP contribution is 2.70. The van der Waals surface area contributed by atoms with Crippen LogP contribution in [-0.2, 0) is 5.41 Å². The molecule has 3 aliphatic rings. The van der Waals surface area contributed by atoms with Gasteiger partial charge in [-0.1, -0.05) is 115 Å². The molecule has 2 fully saturated rings. The van der Waals surface area contributed by atoms with E-state index < -0.39 is 22.7 Å². The molecule has 0 aliphatic heterocycles. The van der Waals surface area contributed by atoms with E-state index in [1.165, 1.54) is 0 Å². The lowest BCUT2D eigenvalue weighted by Gasteiger charge is -2.49. The largest absolute Gasteiger partial charge is 0.388 e. The molecule has 3 aliphatic carbocycles. The number of fused-ring (bicyclic) bond motifs is 8. The fourth-order valence-electron chi connectivity index (χ4n) is 8.49. The minimum atomic E-state index is -2.08. The molecule has 6 aromatic rings. The molecule has 3 unspecified atom stereocenters. The summed E-state index contributed by atoms with van der Waals surface area (Å²) in [5, 5.41) is 35.9. The monoisotopic (exact) mass is 601 g/mol. The van der Waals surface area contributed by atoms with Crippen LogP contribution in [0.2, 0.25) is 0 Å². The molecule has 9 rings (SSSR count). The maximum absolute atomic E-state index is 12.2. The van der Waals surface area contributed by atoms with Gasteiger partial charge in [0.2, 0.25) is 0 Å². The maximum atomic E-state index is 12.2. The van der Waals surface area contributed by atoms with Crippen LogP contribution in [0.5, 0.6) is 0 Å². The fraction of sp³-hybridized carbons (Fsp3) is 0.175. The zero-order valence-electron chi connectivity index (χ0n) is 25.0. The Hall–Kier alpha value is -5.01. The summed E-state index contributed by atoms with van der Waals surface area (Å²) in [6.45, 7) is 0. The predicted octanol–water partition coefficient (Wildman–Crippen LogP) is 7.03. The number of nitrogens with zero attached hydrogens (tertiary/aromatic N) is 3. The van der Waals surface area contributed by atoms with E-state index in [1.807, 2.05) is 109 Å². The molecular formula is C40H31N3O3. The van der Waals surface area contributed by atoms with Gasteiger partial charge in [-0.3, -0.25) is 0 Å². The van der Waals surface area contributed by atoms with Crippen LogP contribution >= 0.6 is 0 Å². The summed E-state index contributed by atoms with van der Waals surface area (Å²) in [4.78, 5) is 14.6. The molecule has 0 amide bonds. The van der Waals surface area contributed by atoms with Crippen LogP contribution in [0.1, 0.15) is 30.4 Å². The van der Waals surface area contributed by atoms with Gasteiger partial charge in [-0.25, -0.2) is 15.0 Å². The summed E-state index contributed by atoms with van der Waals surface area (Å²) < 4.78 is 0. The van der Waals surface area contributed by atoms with Gasteiger partial charge in [-0.15, -0.1) is 0 Å². The first kappa shape index (κ1) is 27.3. The van der Waals surface area contributed by atoms with Gasteiger partial charge >= 0.3 is 0 Å². The van der Waals surface area contributed by atoms with Crippen LogP contribution in [0.4, 0.5) is 0 Å². The zero-order valence-corrected chi connectivity index (χ0v) is 25.0. The van der Waals surface area contributed by atoms with E-state index in [-0.39, 0.29) is 0 Å². The fourth-order valence-corrected chi connectivity index (χ4v) is 8.49. The minimum Gasteiger partial charge on any atom is -0.388 e. The van der Waals surface area contributed by atoms with Crippen molar-refractivity contribution in [3.63, 3.8) is 0 Å². The van der Waals surface area contributed by atoms with Crippen molar-refractivity contribution in [2.24, 2.45) is 5.92 Å². The molecule has 3 atom stereocenters. The Morgan fingerprint density at radius 1 is 0.500 bits per heavy atom. The van der Waals surface area contributed by atoms with E-state index in [9.17, 15) is 15.3 Å². The molecule has 46 heavy (non-hydrogen) atoms. The Morgan fingerprint density at radius 2 is 1.04 bits per heavy atom. The first-order valence-electron chi connectivity index (χ1n) is 15.8. The normalized spacial score (nSPS) is 23.4. The standard InChI is InChI=1S/C40H31N3O3/c44-38-21-20-30(24-38)40(45,46)39(38)33-17-8-7-16-31(33)32-19-18-28(23-34(32)39)27-14-9-15-29(22-27)37-42-35(25-10-3-1-4-11-25)41-36(43-37)26-12-5-2-6-13-26/h1-19,22-23,30,44-46H,20-21,24H2. The molecule has 3 N–H and O–H groups in total. The average molecular weight is 602 g/mol. The average Bonchev–Trinajstić information content (AvgIpc) is 3.71. The van der Waals surface area contributed by atoms with Crippen molar-refractivity contribution in [1.82, 2.24) is 15.0 Å². The van der Waals surface area contributed by atoms with Gasteiger partial charge in [-0.05, 0) is 64.8 Å². The molecule has 2 saturated carbocycles. The van der Waals surface area contributed by atoms with E-state index in [4.69, 9.17) is 15.0 Å².